The Kier molecular flexibility index (Phi) is 3.53. The molecule has 0 spiro atoms. The topological polar surface area (TPSA) is 59.8 Å². The molecule has 0 aliphatic heterocycles. The first-order chi connectivity index (χ1) is 10.2. The molecule has 21 heavy (non-hydrogen) atoms. The lowest BCUT2D eigenvalue weighted by molar-refractivity contribution is 0.102. The quantitative estimate of drug-likeness (QED) is 0.807. The van der Waals surface area contributed by atoms with Crippen LogP contribution in [0.4, 0.5) is 5.82 Å². The summed E-state index contributed by atoms with van der Waals surface area (Å²) >= 11 is 1.54. The Hall–Kier alpha value is -2.47. The first-order valence-electron chi connectivity index (χ1n) is 6.48. The minimum atomic E-state index is -0.162. The molecule has 5 nitrogen and oxygen atoms in total. The summed E-state index contributed by atoms with van der Waals surface area (Å²) in [6.45, 7) is 3.88. The van der Waals surface area contributed by atoms with Gasteiger partial charge in [-0.3, -0.25) is 9.36 Å². The number of aromatic nitrogens is 3. The number of hydrogen-bond donors (Lipinski definition) is 1. The van der Waals surface area contributed by atoms with Crippen LogP contribution in [0.15, 0.2) is 42.0 Å². The number of hydrogen-bond acceptors (Lipinski definition) is 4. The van der Waals surface area contributed by atoms with Crippen molar-refractivity contribution >= 4 is 23.1 Å². The maximum atomic E-state index is 12.4. The van der Waals surface area contributed by atoms with Gasteiger partial charge in [-0.2, -0.15) is 0 Å². The third-order valence-electron chi connectivity index (χ3n) is 3.19. The highest BCUT2D eigenvalue weighted by Gasteiger charge is 2.17. The summed E-state index contributed by atoms with van der Waals surface area (Å²) in [5.74, 6) is 0.381. The molecule has 3 rings (SSSR count). The lowest BCUT2D eigenvalue weighted by Gasteiger charge is -2.06. The van der Waals surface area contributed by atoms with Gasteiger partial charge in [-0.15, -0.1) is 11.3 Å². The molecule has 0 aliphatic rings. The zero-order valence-corrected chi connectivity index (χ0v) is 12.5. The molecule has 0 atom stereocenters. The van der Waals surface area contributed by atoms with Crippen LogP contribution >= 0.6 is 11.3 Å². The Morgan fingerprint density at radius 2 is 2.10 bits per heavy atom. The molecule has 0 aliphatic carbocycles. The predicted octanol–water partition coefficient (Wildman–Crippen LogP) is 3.20. The normalized spacial score (nSPS) is 10.6. The monoisotopic (exact) mass is 298 g/mol. The SMILES string of the molecule is Cc1cc(C(=O)Nc2ccccn2)c(C)n1-c1nccs1. The van der Waals surface area contributed by atoms with Crippen molar-refractivity contribution in [2.75, 3.05) is 5.32 Å². The molecule has 0 radical (unpaired) electrons. The first kappa shape index (κ1) is 13.5. The number of amides is 1. The first-order valence-corrected chi connectivity index (χ1v) is 7.36. The lowest BCUT2D eigenvalue weighted by atomic mass is 10.2. The minimum absolute atomic E-state index is 0.162. The zero-order chi connectivity index (χ0) is 14.8. The van der Waals surface area contributed by atoms with E-state index in [0.717, 1.165) is 16.5 Å². The van der Waals surface area contributed by atoms with E-state index in [9.17, 15) is 4.79 Å². The Morgan fingerprint density at radius 3 is 2.76 bits per heavy atom. The van der Waals surface area contributed by atoms with Gasteiger partial charge < -0.3 is 5.32 Å². The van der Waals surface area contributed by atoms with Gasteiger partial charge in [0, 0.05) is 29.2 Å². The van der Waals surface area contributed by atoms with E-state index in [4.69, 9.17) is 0 Å². The Labute approximate surface area is 126 Å². The third-order valence-corrected chi connectivity index (χ3v) is 3.95. The number of carbonyl (C=O) groups is 1. The molecule has 0 aromatic carbocycles. The van der Waals surface area contributed by atoms with Crippen LogP contribution in [0.5, 0.6) is 0 Å². The average Bonchev–Trinajstić information content (AvgIpc) is 3.08. The van der Waals surface area contributed by atoms with Gasteiger partial charge in [0.15, 0.2) is 5.13 Å². The molecule has 106 valence electrons. The summed E-state index contributed by atoms with van der Waals surface area (Å²) in [6.07, 6.45) is 3.40. The van der Waals surface area contributed by atoms with E-state index in [1.807, 2.05) is 42.0 Å². The number of nitrogens with one attached hydrogen (secondary N) is 1. The number of rotatable bonds is 3. The van der Waals surface area contributed by atoms with Crippen molar-refractivity contribution in [2.45, 2.75) is 13.8 Å². The standard InChI is InChI=1S/C15H14N4OS/c1-10-9-12(11(2)19(10)15-17-7-8-21-15)14(20)18-13-5-3-4-6-16-13/h3-9H,1-2H3,(H,16,18,20). The number of aryl methyl sites for hydroxylation is 1. The fourth-order valence-corrected chi connectivity index (χ4v) is 2.99. The van der Waals surface area contributed by atoms with Gasteiger partial charge in [0.05, 0.1) is 5.56 Å². The van der Waals surface area contributed by atoms with Gasteiger partial charge >= 0.3 is 0 Å². The van der Waals surface area contributed by atoms with Crippen LogP contribution in [0, 0.1) is 13.8 Å². The predicted molar refractivity (Wildman–Crippen MR) is 83.1 cm³/mol. The van der Waals surface area contributed by atoms with Crippen molar-refractivity contribution in [3.63, 3.8) is 0 Å². The average molecular weight is 298 g/mol. The van der Waals surface area contributed by atoms with Crippen LogP contribution in [0.25, 0.3) is 5.13 Å². The van der Waals surface area contributed by atoms with Gasteiger partial charge in [-0.05, 0) is 32.0 Å². The van der Waals surface area contributed by atoms with Gasteiger partial charge in [0.2, 0.25) is 0 Å². The summed E-state index contributed by atoms with van der Waals surface area (Å²) in [5.41, 5.74) is 2.48. The molecular formula is C15H14N4OS. The van der Waals surface area contributed by atoms with Crippen molar-refractivity contribution in [3.05, 3.63) is 59.0 Å². The molecule has 3 heterocycles. The zero-order valence-electron chi connectivity index (χ0n) is 11.7. The smallest absolute Gasteiger partial charge is 0.258 e. The Balaban J connectivity index is 1.93. The van der Waals surface area contributed by atoms with Crippen molar-refractivity contribution in [2.24, 2.45) is 0 Å². The van der Waals surface area contributed by atoms with Gasteiger partial charge in [0.25, 0.3) is 5.91 Å². The second-order valence-electron chi connectivity index (χ2n) is 4.60. The summed E-state index contributed by atoms with van der Waals surface area (Å²) in [5, 5.41) is 5.59. The van der Waals surface area contributed by atoms with E-state index in [0.29, 0.717) is 11.4 Å². The molecule has 1 N–H and O–H groups in total. The van der Waals surface area contributed by atoms with Crippen LogP contribution in [-0.2, 0) is 0 Å². The highest BCUT2D eigenvalue weighted by Crippen LogP contribution is 2.22. The van der Waals surface area contributed by atoms with Crippen molar-refractivity contribution < 1.29 is 4.79 Å². The molecular weight excluding hydrogens is 284 g/mol. The van der Waals surface area contributed by atoms with Gasteiger partial charge in [0.1, 0.15) is 5.82 Å². The lowest BCUT2D eigenvalue weighted by Crippen LogP contribution is -2.13. The van der Waals surface area contributed by atoms with Crippen molar-refractivity contribution in [3.8, 4) is 5.13 Å². The number of pyridine rings is 1. The van der Waals surface area contributed by atoms with Gasteiger partial charge in [-0.1, -0.05) is 6.07 Å². The maximum absolute atomic E-state index is 12.4. The number of nitrogens with zero attached hydrogens (tertiary/aromatic N) is 3. The van der Waals surface area contributed by atoms with Crippen LogP contribution in [0.3, 0.4) is 0 Å². The molecule has 3 aromatic heterocycles. The molecule has 0 bridgehead atoms. The van der Waals surface area contributed by atoms with E-state index < -0.39 is 0 Å². The fourth-order valence-electron chi connectivity index (χ4n) is 2.23. The van der Waals surface area contributed by atoms with E-state index in [1.54, 1.807) is 29.8 Å². The van der Waals surface area contributed by atoms with E-state index in [-0.39, 0.29) is 5.91 Å². The van der Waals surface area contributed by atoms with Crippen LogP contribution in [-0.4, -0.2) is 20.4 Å². The van der Waals surface area contributed by atoms with E-state index in [2.05, 4.69) is 15.3 Å². The highest BCUT2D eigenvalue weighted by atomic mass is 32.1. The van der Waals surface area contributed by atoms with Gasteiger partial charge in [-0.25, -0.2) is 9.97 Å². The van der Waals surface area contributed by atoms with E-state index >= 15 is 0 Å². The second kappa shape index (κ2) is 5.49. The molecule has 1 amide bonds. The van der Waals surface area contributed by atoms with E-state index in [1.165, 1.54) is 0 Å². The molecule has 6 heteroatoms. The van der Waals surface area contributed by atoms with Crippen LogP contribution in [0.2, 0.25) is 0 Å². The molecule has 0 unspecified atom stereocenters. The fraction of sp³-hybridized carbons (Fsp3) is 0.133. The third kappa shape index (κ3) is 2.57. The summed E-state index contributed by atoms with van der Waals surface area (Å²) in [7, 11) is 0. The second-order valence-corrected chi connectivity index (χ2v) is 5.48. The molecule has 3 aromatic rings. The Bertz CT molecular complexity index is 763. The van der Waals surface area contributed by atoms with Crippen LogP contribution < -0.4 is 5.32 Å². The maximum Gasteiger partial charge on any atom is 0.258 e. The van der Waals surface area contributed by atoms with Crippen molar-refractivity contribution in [1.82, 2.24) is 14.5 Å². The van der Waals surface area contributed by atoms with Crippen molar-refractivity contribution in [1.29, 1.82) is 0 Å². The molecule has 0 fully saturated rings. The Morgan fingerprint density at radius 1 is 1.24 bits per heavy atom. The largest absolute Gasteiger partial charge is 0.307 e. The number of thiazole rings is 1. The minimum Gasteiger partial charge on any atom is -0.307 e. The summed E-state index contributed by atoms with van der Waals surface area (Å²) in [6, 6.07) is 7.28. The van der Waals surface area contributed by atoms with Crippen LogP contribution in [0.1, 0.15) is 21.7 Å². The molecule has 0 saturated heterocycles. The number of carbonyl (C=O) groups excluding carboxylic acids is 1. The highest BCUT2D eigenvalue weighted by molar-refractivity contribution is 7.12. The summed E-state index contributed by atoms with van der Waals surface area (Å²) < 4.78 is 1.98. The number of anilines is 1. The summed E-state index contributed by atoms with van der Waals surface area (Å²) in [4.78, 5) is 20.8. The molecule has 0 saturated carbocycles.